The number of aromatic nitrogens is 2. The van der Waals surface area contributed by atoms with E-state index < -0.39 is 21.5 Å². The first kappa shape index (κ1) is 23.7. The minimum absolute atomic E-state index is 0.00520. The molecule has 3 rings (SSSR count). The fourth-order valence-electron chi connectivity index (χ4n) is 3.43. The Morgan fingerprint density at radius 1 is 1.16 bits per heavy atom. The molecule has 1 aliphatic heterocycles. The van der Waals surface area contributed by atoms with Crippen molar-refractivity contribution in [3.8, 4) is 0 Å². The van der Waals surface area contributed by atoms with Gasteiger partial charge in [-0.3, -0.25) is 9.59 Å². The van der Waals surface area contributed by atoms with E-state index in [2.05, 4.69) is 5.10 Å². The number of nitrogens with zero attached hydrogens (tertiary/aromatic N) is 4. The van der Waals surface area contributed by atoms with Crippen molar-refractivity contribution in [3.63, 3.8) is 0 Å². The summed E-state index contributed by atoms with van der Waals surface area (Å²) in [6.45, 7) is 2.35. The third kappa shape index (κ3) is 5.11. The highest BCUT2D eigenvalue weighted by Gasteiger charge is 2.27. The van der Waals surface area contributed by atoms with Gasteiger partial charge in [0.1, 0.15) is 11.6 Å². The molecule has 1 aliphatic rings. The molecule has 2 aromatic rings. The maximum absolute atomic E-state index is 13.3. The van der Waals surface area contributed by atoms with Crippen LogP contribution in [0, 0.1) is 6.92 Å². The van der Waals surface area contributed by atoms with E-state index in [1.54, 1.807) is 19.1 Å². The van der Waals surface area contributed by atoms with Gasteiger partial charge in [0.15, 0.2) is 0 Å². The highest BCUT2D eigenvalue weighted by Crippen LogP contribution is 2.27. The molecule has 1 saturated heterocycles. The normalized spacial score (nSPS) is 15.5. The standard InChI is InChI=1S/C20H24Cl2N4O4S/c1-14-7-8-15(11-17(14)31(29,30)25-9-5-3-4-6-10-25)24(2)18(27)13-26-20(28)19(22)16(21)12-23-26/h7-8,11-12H,3-6,9-10,13H2,1-2H3. The number of anilines is 1. The van der Waals surface area contributed by atoms with Crippen molar-refractivity contribution in [2.75, 3.05) is 25.0 Å². The average Bonchev–Trinajstić information content (AvgIpc) is 3.04. The van der Waals surface area contributed by atoms with Gasteiger partial charge < -0.3 is 4.90 Å². The van der Waals surface area contributed by atoms with E-state index >= 15 is 0 Å². The molecule has 0 N–H and O–H groups in total. The highest BCUT2D eigenvalue weighted by molar-refractivity contribution is 7.89. The first-order valence-corrected chi connectivity index (χ1v) is 12.1. The molecule has 31 heavy (non-hydrogen) atoms. The molecule has 0 saturated carbocycles. The van der Waals surface area contributed by atoms with Crippen molar-refractivity contribution < 1.29 is 13.2 Å². The number of likely N-dealkylation sites (N-methyl/N-ethyl adjacent to an activating group) is 1. The van der Waals surface area contributed by atoms with Crippen LogP contribution in [0.5, 0.6) is 0 Å². The van der Waals surface area contributed by atoms with Crippen molar-refractivity contribution >= 4 is 44.8 Å². The quantitative estimate of drug-likeness (QED) is 0.647. The maximum atomic E-state index is 13.3. The molecule has 168 valence electrons. The van der Waals surface area contributed by atoms with Gasteiger partial charge in [-0.1, -0.05) is 42.1 Å². The van der Waals surface area contributed by atoms with E-state index in [1.807, 2.05) is 0 Å². The molecule has 1 aromatic carbocycles. The van der Waals surface area contributed by atoms with E-state index in [9.17, 15) is 18.0 Å². The molecule has 2 heterocycles. The van der Waals surface area contributed by atoms with Crippen LogP contribution in [0.15, 0.2) is 34.1 Å². The third-order valence-corrected chi connectivity index (χ3v) is 8.13. The lowest BCUT2D eigenvalue weighted by molar-refractivity contribution is -0.119. The lowest BCUT2D eigenvalue weighted by Gasteiger charge is -2.23. The van der Waals surface area contributed by atoms with Crippen molar-refractivity contribution in [2.45, 2.75) is 44.0 Å². The van der Waals surface area contributed by atoms with Crippen LogP contribution < -0.4 is 10.5 Å². The predicted molar refractivity (Wildman–Crippen MR) is 120 cm³/mol. The van der Waals surface area contributed by atoms with E-state index in [-0.39, 0.29) is 21.5 Å². The van der Waals surface area contributed by atoms with Crippen molar-refractivity contribution in [1.82, 2.24) is 14.1 Å². The first-order chi connectivity index (χ1) is 14.6. The number of carbonyl (C=O) groups is 1. The van der Waals surface area contributed by atoms with E-state index in [0.717, 1.165) is 30.4 Å². The zero-order valence-corrected chi connectivity index (χ0v) is 19.7. The molecule has 0 spiro atoms. The number of rotatable bonds is 5. The molecule has 0 unspecified atom stereocenters. The largest absolute Gasteiger partial charge is 0.314 e. The Kier molecular flexibility index (Phi) is 7.41. The smallest absolute Gasteiger partial charge is 0.287 e. The van der Waals surface area contributed by atoms with Crippen LogP contribution in [0.25, 0.3) is 0 Å². The van der Waals surface area contributed by atoms with Crippen LogP contribution >= 0.6 is 23.2 Å². The van der Waals surface area contributed by atoms with Gasteiger partial charge in [-0.25, -0.2) is 13.1 Å². The predicted octanol–water partition coefficient (Wildman–Crippen LogP) is 3.09. The molecule has 11 heteroatoms. The van der Waals surface area contributed by atoms with Gasteiger partial charge in [0, 0.05) is 25.8 Å². The fourth-order valence-corrected chi connectivity index (χ4v) is 5.46. The average molecular weight is 487 g/mol. The summed E-state index contributed by atoms with van der Waals surface area (Å²) >= 11 is 11.6. The van der Waals surface area contributed by atoms with Gasteiger partial charge in [0.2, 0.25) is 15.9 Å². The Hall–Kier alpha value is -1.94. The molecule has 1 aromatic heterocycles. The van der Waals surface area contributed by atoms with Gasteiger partial charge >= 0.3 is 0 Å². The fraction of sp³-hybridized carbons (Fsp3) is 0.450. The SMILES string of the molecule is Cc1ccc(N(C)C(=O)Cn2ncc(Cl)c(Cl)c2=O)cc1S(=O)(=O)N1CCCCCC1. The summed E-state index contributed by atoms with van der Waals surface area (Å²) in [7, 11) is -2.17. The number of halogens is 2. The Balaban J connectivity index is 1.87. The number of sulfonamides is 1. The van der Waals surface area contributed by atoms with E-state index in [0.29, 0.717) is 24.3 Å². The number of hydrogen-bond acceptors (Lipinski definition) is 5. The van der Waals surface area contributed by atoms with Crippen molar-refractivity contribution in [2.24, 2.45) is 0 Å². The molecule has 0 bridgehead atoms. The molecular formula is C20H24Cl2N4O4S. The minimum Gasteiger partial charge on any atom is -0.314 e. The van der Waals surface area contributed by atoms with Gasteiger partial charge in [-0.2, -0.15) is 9.40 Å². The number of aryl methyl sites for hydroxylation is 1. The van der Waals surface area contributed by atoms with Crippen molar-refractivity contribution in [3.05, 3.63) is 50.4 Å². The molecule has 8 nitrogen and oxygen atoms in total. The highest BCUT2D eigenvalue weighted by atomic mass is 35.5. The number of amides is 1. The van der Waals surface area contributed by atoms with Crippen molar-refractivity contribution in [1.29, 1.82) is 0 Å². The first-order valence-electron chi connectivity index (χ1n) is 9.91. The maximum Gasteiger partial charge on any atom is 0.287 e. The van der Waals surface area contributed by atoms with Gasteiger partial charge in [0.05, 0.1) is 16.1 Å². The van der Waals surface area contributed by atoms with E-state index in [1.165, 1.54) is 28.5 Å². The molecule has 1 fully saturated rings. The summed E-state index contributed by atoms with van der Waals surface area (Å²) in [6.07, 6.45) is 4.90. The molecule has 1 amide bonds. The van der Waals surface area contributed by atoms with Crippen LogP contribution in [0.2, 0.25) is 10.0 Å². The van der Waals surface area contributed by atoms with Gasteiger partial charge in [-0.15, -0.1) is 0 Å². The number of hydrogen-bond donors (Lipinski definition) is 0. The van der Waals surface area contributed by atoms with Crippen LogP contribution in [0.3, 0.4) is 0 Å². The summed E-state index contributed by atoms with van der Waals surface area (Å²) in [4.78, 5) is 26.4. The molecule has 0 radical (unpaired) electrons. The summed E-state index contributed by atoms with van der Waals surface area (Å²) in [5.74, 6) is -0.463. The minimum atomic E-state index is -3.68. The summed E-state index contributed by atoms with van der Waals surface area (Å²) < 4.78 is 28.9. The van der Waals surface area contributed by atoms with Gasteiger partial charge in [0.25, 0.3) is 5.56 Å². The topological polar surface area (TPSA) is 92.6 Å². The summed E-state index contributed by atoms with van der Waals surface area (Å²) in [6, 6.07) is 4.84. The zero-order valence-electron chi connectivity index (χ0n) is 17.3. The van der Waals surface area contributed by atoms with Crippen LogP contribution in [-0.2, 0) is 21.4 Å². The second kappa shape index (κ2) is 9.68. The van der Waals surface area contributed by atoms with Crippen LogP contribution in [0.1, 0.15) is 31.2 Å². The van der Waals surface area contributed by atoms with Crippen LogP contribution in [-0.4, -0.2) is 48.5 Å². The second-order valence-electron chi connectivity index (χ2n) is 7.49. The van der Waals surface area contributed by atoms with Crippen LogP contribution in [0.4, 0.5) is 5.69 Å². The van der Waals surface area contributed by atoms with Gasteiger partial charge in [-0.05, 0) is 37.5 Å². The molecular weight excluding hydrogens is 463 g/mol. The number of carbonyl (C=O) groups excluding carboxylic acids is 1. The number of benzene rings is 1. The summed E-state index contributed by atoms with van der Waals surface area (Å²) in [5, 5.41) is 3.62. The molecule has 0 atom stereocenters. The lowest BCUT2D eigenvalue weighted by Crippen LogP contribution is -2.35. The Morgan fingerprint density at radius 2 is 1.81 bits per heavy atom. The second-order valence-corrected chi connectivity index (χ2v) is 10.2. The molecule has 0 aliphatic carbocycles. The Morgan fingerprint density at radius 3 is 2.45 bits per heavy atom. The Bertz CT molecular complexity index is 1140. The monoisotopic (exact) mass is 486 g/mol. The van der Waals surface area contributed by atoms with E-state index in [4.69, 9.17) is 23.2 Å². The Labute approximate surface area is 191 Å². The summed E-state index contributed by atoms with van der Waals surface area (Å²) in [5.41, 5.74) is 0.331. The third-order valence-electron chi connectivity index (χ3n) is 5.34. The zero-order chi connectivity index (χ0) is 22.8. The lowest BCUT2D eigenvalue weighted by atomic mass is 10.2.